The molecule has 1 unspecified atom stereocenters. The second-order valence-corrected chi connectivity index (χ2v) is 17.1. The second kappa shape index (κ2) is 51.0. The van der Waals surface area contributed by atoms with E-state index in [1.165, 1.54) is 148 Å². The van der Waals surface area contributed by atoms with Gasteiger partial charge in [0.15, 0.2) is 6.10 Å². The van der Waals surface area contributed by atoms with E-state index < -0.39 is 6.10 Å². The summed E-state index contributed by atoms with van der Waals surface area (Å²) in [5.74, 6) is -0.421. The molecule has 0 N–H and O–H groups in total. The lowest BCUT2D eigenvalue weighted by Gasteiger charge is -2.18. The van der Waals surface area contributed by atoms with E-state index in [0.29, 0.717) is 19.4 Å². The molecule has 0 saturated heterocycles. The number of unbranched alkanes of at least 4 members (excludes halogenated alkanes) is 26. The highest BCUT2D eigenvalue weighted by atomic mass is 16.6. The first-order chi connectivity index (χ1) is 29.6. The highest BCUT2D eigenvalue weighted by Gasteiger charge is 2.17. The summed E-state index contributed by atoms with van der Waals surface area (Å²) in [7, 11) is 0. The maximum absolute atomic E-state index is 12.8. The van der Waals surface area contributed by atoms with E-state index in [2.05, 4.69) is 81.5 Å². The van der Waals surface area contributed by atoms with Crippen LogP contribution < -0.4 is 0 Å². The number of carbonyl (C=O) groups excluding carboxylic acids is 2. The standard InChI is InChI=1S/C55H98O5/c1-4-7-10-13-16-19-22-25-27-28-30-31-33-36-39-42-45-48-54(56)59-52-53(51-58-50-47-44-41-38-35-24-21-18-15-12-9-6-3)60-55(57)49-46-43-40-37-34-32-29-26-23-20-17-14-11-8-5-2/h15-20,25-27,29,53H,4-14,21-24,28,30-52H2,1-3H3/b18-15-,19-16-,20-17-,27-25-,29-26-. The minimum absolute atomic E-state index is 0.0727. The number of allylic oxidation sites excluding steroid dienone is 10. The van der Waals surface area contributed by atoms with Gasteiger partial charge >= 0.3 is 11.9 Å². The molecule has 0 heterocycles. The highest BCUT2D eigenvalue weighted by Crippen LogP contribution is 2.14. The van der Waals surface area contributed by atoms with Gasteiger partial charge in [0.05, 0.1) is 6.61 Å². The Morgan fingerprint density at radius 3 is 1.17 bits per heavy atom. The Hall–Kier alpha value is -2.40. The van der Waals surface area contributed by atoms with E-state index in [-0.39, 0.29) is 25.2 Å². The van der Waals surface area contributed by atoms with Crippen LogP contribution in [0.5, 0.6) is 0 Å². The van der Waals surface area contributed by atoms with Gasteiger partial charge in [0.25, 0.3) is 0 Å². The van der Waals surface area contributed by atoms with Crippen LogP contribution in [0.1, 0.15) is 252 Å². The summed E-state index contributed by atoms with van der Waals surface area (Å²) in [5, 5.41) is 0. The molecule has 5 nitrogen and oxygen atoms in total. The molecule has 0 aliphatic heterocycles. The van der Waals surface area contributed by atoms with Crippen molar-refractivity contribution in [3.8, 4) is 0 Å². The zero-order valence-corrected chi connectivity index (χ0v) is 40.0. The molecule has 0 amide bonds. The number of ether oxygens (including phenoxy) is 3. The monoisotopic (exact) mass is 839 g/mol. The lowest BCUT2D eigenvalue weighted by molar-refractivity contribution is -0.163. The largest absolute Gasteiger partial charge is 0.462 e. The molecule has 348 valence electrons. The van der Waals surface area contributed by atoms with E-state index in [1.807, 2.05) is 0 Å². The van der Waals surface area contributed by atoms with Crippen molar-refractivity contribution in [2.45, 2.75) is 258 Å². The predicted molar refractivity (Wildman–Crippen MR) is 261 cm³/mol. The fourth-order valence-electron chi connectivity index (χ4n) is 7.08. The Kier molecular flexibility index (Phi) is 48.9. The first kappa shape index (κ1) is 57.6. The number of carbonyl (C=O) groups is 2. The van der Waals surface area contributed by atoms with Crippen molar-refractivity contribution >= 4 is 11.9 Å². The molecule has 0 aliphatic rings. The molecule has 1 atom stereocenters. The predicted octanol–water partition coefficient (Wildman–Crippen LogP) is 17.3. The summed E-state index contributed by atoms with van der Waals surface area (Å²) in [6.45, 7) is 7.73. The Morgan fingerprint density at radius 1 is 0.367 bits per heavy atom. The molecule has 0 rings (SSSR count). The second-order valence-electron chi connectivity index (χ2n) is 17.1. The maximum atomic E-state index is 12.8. The maximum Gasteiger partial charge on any atom is 0.306 e. The van der Waals surface area contributed by atoms with Gasteiger partial charge in [-0.15, -0.1) is 0 Å². The van der Waals surface area contributed by atoms with Crippen LogP contribution >= 0.6 is 0 Å². The summed E-state index contributed by atoms with van der Waals surface area (Å²) >= 11 is 0. The van der Waals surface area contributed by atoms with Crippen LogP contribution in [0.15, 0.2) is 60.8 Å². The van der Waals surface area contributed by atoms with E-state index in [1.54, 1.807) is 0 Å². The highest BCUT2D eigenvalue weighted by molar-refractivity contribution is 5.70. The third-order valence-corrected chi connectivity index (χ3v) is 11.0. The molecule has 0 aromatic carbocycles. The minimum Gasteiger partial charge on any atom is -0.462 e. The summed E-state index contributed by atoms with van der Waals surface area (Å²) in [4.78, 5) is 25.4. The van der Waals surface area contributed by atoms with Crippen molar-refractivity contribution < 1.29 is 23.8 Å². The van der Waals surface area contributed by atoms with Crippen LogP contribution in [0.25, 0.3) is 0 Å². The van der Waals surface area contributed by atoms with E-state index in [4.69, 9.17) is 14.2 Å². The average Bonchev–Trinajstić information content (AvgIpc) is 3.25. The molecule has 0 spiro atoms. The SMILES string of the molecule is CCCC/C=C\CCCCCCCCOCC(COC(=O)CCCCCCCCC/C=C\C/C=C\CCCCC)OC(=O)CCCCCCC/C=C\C/C=C\CCCCC. The van der Waals surface area contributed by atoms with Gasteiger partial charge in [-0.05, 0) is 103 Å². The van der Waals surface area contributed by atoms with Crippen LogP contribution in [0.2, 0.25) is 0 Å². The van der Waals surface area contributed by atoms with Gasteiger partial charge in [0.1, 0.15) is 6.61 Å². The van der Waals surface area contributed by atoms with Gasteiger partial charge in [0, 0.05) is 19.4 Å². The average molecular weight is 839 g/mol. The van der Waals surface area contributed by atoms with Crippen LogP contribution in [-0.4, -0.2) is 37.9 Å². The van der Waals surface area contributed by atoms with E-state index in [0.717, 1.165) is 70.6 Å². The third kappa shape index (κ3) is 48.3. The van der Waals surface area contributed by atoms with Crippen LogP contribution in [-0.2, 0) is 23.8 Å². The summed E-state index contributed by atoms with van der Waals surface area (Å²) in [5.41, 5.74) is 0. The number of rotatable bonds is 47. The van der Waals surface area contributed by atoms with Crippen molar-refractivity contribution in [3.63, 3.8) is 0 Å². The molecular weight excluding hydrogens is 741 g/mol. The molecule has 60 heavy (non-hydrogen) atoms. The van der Waals surface area contributed by atoms with Crippen LogP contribution in [0.3, 0.4) is 0 Å². The quantitative estimate of drug-likeness (QED) is 0.0347. The topological polar surface area (TPSA) is 61.8 Å². The lowest BCUT2D eigenvalue weighted by atomic mass is 10.1. The molecule has 0 aromatic rings. The van der Waals surface area contributed by atoms with Gasteiger partial charge < -0.3 is 14.2 Å². The normalized spacial score (nSPS) is 12.7. The van der Waals surface area contributed by atoms with Gasteiger partial charge in [0.2, 0.25) is 0 Å². The van der Waals surface area contributed by atoms with Crippen LogP contribution in [0.4, 0.5) is 0 Å². The Balaban J connectivity index is 4.29. The van der Waals surface area contributed by atoms with Crippen LogP contribution in [0, 0.1) is 0 Å². The third-order valence-electron chi connectivity index (χ3n) is 11.0. The first-order valence-corrected chi connectivity index (χ1v) is 25.8. The van der Waals surface area contributed by atoms with Crippen molar-refractivity contribution in [2.75, 3.05) is 19.8 Å². The molecule has 5 heteroatoms. The minimum atomic E-state index is -0.549. The summed E-state index contributed by atoms with van der Waals surface area (Å²) < 4.78 is 17.4. The number of esters is 2. The molecule has 0 radical (unpaired) electrons. The van der Waals surface area contributed by atoms with Gasteiger partial charge in [-0.25, -0.2) is 0 Å². The molecule has 0 aliphatic carbocycles. The molecule has 0 aromatic heterocycles. The molecular formula is C55H98O5. The Labute approximate surface area is 373 Å². The smallest absolute Gasteiger partial charge is 0.306 e. The van der Waals surface area contributed by atoms with E-state index in [9.17, 15) is 9.59 Å². The zero-order chi connectivity index (χ0) is 43.5. The van der Waals surface area contributed by atoms with Crippen molar-refractivity contribution in [3.05, 3.63) is 60.8 Å². The van der Waals surface area contributed by atoms with Crippen molar-refractivity contribution in [2.24, 2.45) is 0 Å². The van der Waals surface area contributed by atoms with Crippen molar-refractivity contribution in [1.29, 1.82) is 0 Å². The van der Waals surface area contributed by atoms with Gasteiger partial charge in [-0.2, -0.15) is 0 Å². The molecule has 0 bridgehead atoms. The Bertz CT molecular complexity index is 1040. The molecule has 0 saturated carbocycles. The number of hydrogen-bond donors (Lipinski definition) is 0. The van der Waals surface area contributed by atoms with Crippen molar-refractivity contribution in [1.82, 2.24) is 0 Å². The Morgan fingerprint density at radius 2 is 0.717 bits per heavy atom. The zero-order valence-electron chi connectivity index (χ0n) is 40.0. The van der Waals surface area contributed by atoms with Gasteiger partial charge in [-0.3, -0.25) is 9.59 Å². The molecule has 0 fully saturated rings. The first-order valence-electron chi connectivity index (χ1n) is 25.8. The summed E-state index contributed by atoms with van der Waals surface area (Å²) in [6, 6.07) is 0. The summed E-state index contributed by atoms with van der Waals surface area (Å²) in [6.07, 6.45) is 63.6. The lowest BCUT2D eigenvalue weighted by Crippen LogP contribution is -2.30. The fourth-order valence-corrected chi connectivity index (χ4v) is 7.08. The fraction of sp³-hybridized carbons (Fsp3) is 0.782. The van der Waals surface area contributed by atoms with Gasteiger partial charge in [-0.1, -0.05) is 197 Å². The van der Waals surface area contributed by atoms with E-state index >= 15 is 0 Å². The number of hydrogen-bond acceptors (Lipinski definition) is 5.